The van der Waals surface area contributed by atoms with Crippen molar-refractivity contribution in [3.8, 4) is 0 Å². The van der Waals surface area contributed by atoms with Gasteiger partial charge in [0.05, 0.1) is 28.5 Å². The highest BCUT2D eigenvalue weighted by molar-refractivity contribution is 8.05. The molecule has 0 radical (unpaired) electrons. The Kier molecular flexibility index (Phi) is 10.4. The first-order valence-electron chi connectivity index (χ1n) is 11.9. The standard InChI is InChI=1S/C26H27ClN4O5S3/c1-36-26(33)30-19(13-16-5-3-2-4-6-16)24(32)28-20(14-17-7-9-18(10-8-17)31-39(34)35)25-29-21(15-37-25)22-11-12-23(27)38-22/h2-10,12,15,19-20,22,31H,11,13-14H2,1H3,(H,28,32)(H,30,33)(H,34,35)/t19-,20-,22?/m0/s1. The number of alkyl carbamates (subject to hydrolysis) is 1. The number of nitrogens with one attached hydrogen (secondary N) is 3. The molecule has 4 atom stereocenters. The van der Waals surface area contributed by atoms with E-state index in [4.69, 9.17) is 25.9 Å². The molecule has 1 aliphatic rings. The zero-order valence-electron chi connectivity index (χ0n) is 20.8. The number of aromatic nitrogens is 1. The Morgan fingerprint density at radius 2 is 1.85 bits per heavy atom. The largest absolute Gasteiger partial charge is 0.453 e. The van der Waals surface area contributed by atoms with Crippen LogP contribution in [0.4, 0.5) is 10.5 Å². The number of rotatable bonds is 11. The predicted octanol–water partition coefficient (Wildman–Crippen LogP) is 5.32. The molecule has 0 saturated heterocycles. The summed E-state index contributed by atoms with van der Waals surface area (Å²) < 4.78 is 28.1. The highest BCUT2D eigenvalue weighted by Crippen LogP contribution is 2.45. The number of ether oxygens (including phenoxy) is 1. The van der Waals surface area contributed by atoms with Crippen LogP contribution in [0.1, 0.15) is 39.5 Å². The monoisotopic (exact) mass is 606 g/mol. The average Bonchev–Trinajstić information content (AvgIpc) is 3.58. The maximum absolute atomic E-state index is 13.5. The molecule has 0 fully saturated rings. The summed E-state index contributed by atoms with van der Waals surface area (Å²) in [5, 5.41) is 8.54. The van der Waals surface area contributed by atoms with Gasteiger partial charge in [-0.25, -0.2) is 14.0 Å². The molecule has 0 aliphatic carbocycles. The van der Waals surface area contributed by atoms with E-state index >= 15 is 0 Å². The SMILES string of the molecule is COC(=O)N[C@@H](Cc1ccccc1)C(=O)N[C@@H](Cc1ccc(NS(=O)O)cc1)c1nc(C2CC=C(Cl)S2)cs1. The number of allylic oxidation sites excluding steroid dienone is 1. The van der Waals surface area contributed by atoms with Gasteiger partial charge in [0.1, 0.15) is 11.0 Å². The maximum atomic E-state index is 13.5. The summed E-state index contributed by atoms with van der Waals surface area (Å²) in [6, 6.07) is 15.0. The zero-order chi connectivity index (χ0) is 27.8. The number of methoxy groups -OCH3 is 1. The smallest absolute Gasteiger partial charge is 0.407 e. The van der Waals surface area contributed by atoms with Crippen LogP contribution in [0.25, 0.3) is 0 Å². The van der Waals surface area contributed by atoms with Gasteiger partial charge in [-0.2, -0.15) is 0 Å². The summed E-state index contributed by atoms with van der Waals surface area (Å²) in [7, 11) is 1.25. The van der Waals surface area contributed by atoms with Crippen LogP contribution in [0, 0.1) is 0 Å². The molecule has 2 aromatic carbocycles. The van der Waals surface area contributed by atoms with E-state index in [9.17, 15) is 13.8 Å². The second-order valence-electron chi connectivity index (χ2n) is 8.65. The van der Waals surface area contributed by atoms with Crippen LogP contribution >= 0.6 is 34.7 Å². The first-order chi connectivity index (χ1) is 18.8. The Bertz CT molecular complexity index is 1340. The Morgan fingerprint density at radius 1 is 1.13 bits per heavy atom. The molecule has 1 aliphatic heterocycles. The molecular weight excluding hydrogens is 580 g/mol. The molecule has 3 aromatic rings. The van der Waals surface area contributed by atoms with Crippen molar-refractivity contribution in [1.29, 1.82) is 0 Å². The number of thiazole rings is 1. The Morgan fingerprint density at radius 3 is 2.49 bits per heavy atom. The minimum Gasteiger partial charge on any atom is -0.453 e. The van der Waals surface area contributed by atoms with E-state index in [1.807, 2.05) is 53.9 Å². The molecule has 2 heterocycles. The van der Waals surface area contributed by atoms with Gasteiger partial charge in [0.25, 0.3) is 11.3 Å². The number of carbonyl (C=O) groups excluding carboxylic acids is 2. The lowest BCUT2D eigenvalue weighted by atomic mass is 10.0. The van der Waals surface area contributed by atoms with Crippen LogP contribution in [0.15, 0.2) is 70.4 Å². The molecular formula is C26H27ClN4O5S3. The fraction of sp³-hybridized carbons (Fsp3) is 0.269. The fourth-order valence-electron chi connectivity index (χ4n) is 4.00. The van der Waals surface area contributed by atoms with Gasteiger partial charge >= 0.3 is 6.09 Å². The predicted molar refractivity (Wildman–Crippen MR) is 156 cm³/mol. The van der Waals surface area contributed by atoms with Crippen molar-refractivity contribution >= 4 is 63.7 Å². The lowest BCUT2D eigenvalue weighted by Crippen LogP contribution is -2.49. The van der Waals surface area contributed by atoms with Gasteiger partial charge in [0, 0.05) is 17.5 Å². The van der Waals surface area contributed by atoms with Crippen molar-refractivity contribution in [2.24, 2.45) is 0 Å². The van der Waals surface area contributed by atoms with Crippen molar-refractivity contribution in [2.75, 3.05) is 11.8 Å². The molecule has 206 valence electrons. The van der Waals surface area contributed by atoms with Gasteiger partial charge in [-0.15, -0.1) is 23.1 Å². The molecule has 4 rings (SSSR count). The normalized spacial score (nSPS) is 17.0. The van der Waals surface area contributed by atoms with Gasteiger partial charge in [0.2, 0.25) is 5.91 Å². The van der Waals surface area contributed by atoms with E-state index in [-0.39, 0.29) is 17.6 Å². The highest BCUT2D eigenvalue weighted by atomic mass is 35.5. The molecule has 4 N–H and O–H groups in total. The first-order valence-corrected chi connectivity index (χ1v) is 15.2. The van der Waals surface area contributed by atoms with E-state index in [0.29, 0.717) is 12.1 Å². The number of anilines is 1. The van der Waals surface area contributed by atoms with Gasteiger partial charge in [-0.05, 0) is 36.1 Å². The third kappa shape index (κ3) is 8.54. The summed E-state index contributed by atoms with van der Waals surface area (Å²) >= 11 is 6.99. The molecule has 2 amide bonds. The molecule has 13 heteroatoms. The number of carbonyl (C=O) groups is 2. The second-order valence-corrected chi connectivity index (χ2v) is 12.1. The number of hydrogen-bond donors (Lipinski definition) is 4. The van der Waals surface area contributed by atoms with E-state index in [0.717, 1.165) is 32.6 Å². The van der Waals surface area contributed by atoms with Crippen molar-refractivity contribution in [2.45, 2.75) is 36.6 Å². The zero-order valence-corrected chi connectivity index (χ0v) is 24.0. The first kappa shape index (κ1) is 29.1. The average molecular weight is 607 g/mol. The lowest BCUT2D eigenvalue weighted by Gasteiger charge is -2.22. The van der Waals surface area contributed by atoms with Gasteiger partial charge in [-0.1, -0.05) is 60.1 Å². The summed E-state index contributed by atoms with van der Waals surface area (Å²) in [6.07, 6.45) is 2.74. The summed E-state index contributed by atoms with van der Waals surface area (Å²) in [4.78, 5) is 30.5. The minimum absolute atomic E-state index is 0.121. The van der Waals surface area contributed by atoms with Crippen LogP contribution in [0.2, 0.25) is 0 Å². The molecule has 0 spiro atoms. The number of hydrogen-bond acceptors (Lipinski definition) is 7. The van der Waals surface area contributed by atoms with E-state index < -0.39 is 29.4 Å². The number of thioether (sulfide) groups is 1. The van der Waals surface area contributed by atoms with E-state index in [1.54, 1.807) is 23.9 Å². The van der Waals surface area contributed by atoms with E-state index in [1.165, 1.54) is 18.4 Å². The second kappa shape index (κ2) is 13.9. The van der Waals surface area contributed by atoms with Gasteiger partial charge in [-0.3, -0.25) is 14.1 Å². The molecule has 1 aromatic heterocycles. The lowest BCUT2D eigenvalue weighted by molar-refractivity contribution is -0.123. The quantitative estimate of drug-likeness (QED) is 0.217. The van der Waals surface area contributed by atoms with Gasteiger partial charge in [0.15, 0.2) is 0 Å². The Balaban J connectivity index is 1.57. The van der Waals surface area contributed by atoms with Crippen LogP contribution < -0.4 is 15.4 Å². The topological polar surface area (TPSA) is 130 Å². The van der Waals surface area contributed by atoms with Crippen LogP contribution in [0.3, 0.4) is 0 Å². The molecule has 0 saturated carbocycles. The summed E-state index contributed by atoms with van der Waals surface area (Å²) in [6.45, 7) is 0. The van der Waals surface area contributed by atoms with Crippen molar-refractivity contribution in [3.63, 3.8) is 0 Å². The molecule has 0 bridgehead atoms. The van der Waals surface area contributed by atoms with Crippen molar-refractivity contribution in [3.05, 3.63) is 92.2 Å². The van der Waals surface area contributed by atoms with Crippen molar-refractivity contribution in [1.82, 2.24) is 15.6 Å². The number of benzene rings is 2. The molecule has 9 nitrogen and oxygen atoms in total. The van der Waals surface area contributed by atoms with Crippen LogP contribution in [0.5, 0.6) is 0 Å². The number of amides is 2. The third-order valence-corrected chi connectivity index (χ3v) is 8.83. The fourth-order valence-corrected chi connectivity index (χ4v) is 6.66. The molecule has 2 unspecified atom stereocenters. The highest BCUT2D eigenvalue weighted by Gasteiger charge is 2.28. The third-order valence-electron chi connectivity index (χ3n) is 5.91. The van der Waals surface area contributed by atoms with Crippen LogP contribution in [-0.2, 0) is 33.6 Å². The number of halogens is 1. The van der Waals surface area contributed by atoms with Crippen molar-refractivity contribution < 1.29 is 23.1 Å². The van der Waals surface area contributed by atoms with Crippen LogP contribution in [-0.4, -0.2) is 38.9 Å². The Labute approximate surface area is 242 Å². The van der Waals surface area contributed by atoms with E-state index in [2.05, 4.69) is 15.4 Å². The summed E-state index contributed by atoms with van der Waals surface area (Å²) in [5.74, 6) is -0.375. The summed E-state index contributed by atoms with van der Waals surface area (Å²) in [5.41, 5.74) is 3.15. The minimum atomic E-state index is -2.18. The Hall–Kier alpha value is -2.90. The maximum Gasteiger partial charge on any atom is 0.407 e. The van der Waals surface area contributed by atoms with Gasteiger partial charge < -0.3 is 15.4 Å². The number of nitrogens with zero attached hydrogens (tertiary/aromatic N) is 1. The molecule has 39 heavy (non-hydrogen) atoms.